The van der Waals surface area contributed by atoms with Gasteiger partial charge in [0, 0.05) is 23.7 Å². The van der Waals surface area contributed by atoms with Crippen molar-refractivity contribution in [3.8, 4) is 0 Å². The third kappa shape index (κ3) is 9.34. The summed E-state index contributed by atoms with van der Waals surface area (Å²) in [4.78, 5) is 40.9. The van der Waals surface area contributed by atoms with Crippen LogP contribution in [0, 0.1) is 5.92 Å². The molecule has 1 aliphatic rings. The van der Waals surface area contributed by atoms with Crippen molar-refractivity contribution in [3.05, 3.63) is 60.2 Å². The Kier molecular flexibility index (Phi) is 10.7. The smallest absolute Gasteiger partial charge is 0.442 e. The number of morpholine rings is 1. The van der Waals surface area contributed by atoms with Crippen LogP contribution in [0.15, 0.2) is 63.9 Å². The second-order valence-corrected chi connectivity index (χ2v) is 13.1. The van der Waals surface area contributed by atoms with Crippen molar-refractivity contribution in [2.45, 2.75) is 57.8 Å². The monoisotopic (exact) mass is 573 g/mol. The highest BCUT2D eigenvalue weighted by atomic mass is 32.2. The molecule has 11 heteroatoms. The van der Waals surface area contributed by atoms with Crippen molar-refractivity contribution >= 4 is 33.4 Å². The molecule has 1 heterocycles. The quantitative estimate of drug-likeness (QED) is 0.444. The number of carbonyl (C=O) groups excluding carboxylic acids is 3. The summed E-state index contributed by atoms with van der Waals surface area (Å²) in [6, 6.07) is 15.0. The average Bonchev–Trinajstić information content (AvgIpc) is 2.90. The molecule has 2 aromatic rings. The van der Waals surface area contributed by atoms with Crippen LogP contribution in [-0.4, -0.2) is 65.9 Å². The van der Waals surface area contributed by atoms with Crippen LogP contribution in [0.2, 0.25) is 0 Å². The highest BCUT2D eigenvalue weighted by Gasteiger charge is 2.29. The molecule has 0 bridgehead atoms. The van der Waals surface area contributed by atoms with E-state index in [0.29, 0.717) is 13.2 Å². The van der Waals surface area contributed by atoms with Crippen LogP contribution in [0.25, 0.3) is 0 Å². The van der Waals surface area contributed by atoms with Gasteiger partial charge in [0.1, 0.15) is 24.0 Å². The van der Waals surface area contributed by atoms with Gasteiger partial charge in [0.05, 0.1) is 22.9 Å². The second kappa shape index (κ2) is 13.8. The Hall–Kier alpha value is -3.44. The van der Waals surface area contributed by atoms with Gasteiger partial charge >= 0.3 is 12.1 Å². The van der Waals surface area contributed by atoms with E-state index < -0.39 is 45.1 Å². The van der Waals surface area contributed by atoms with Crippen LogP contribution in [-0.2, 0) is 40.1 Å². The summed E-state index contributed by atoms with van der Waals surface area (Å²) < 4.78 is 34.1. The van der Waals surface area contributed by atoms with E-state index in [0.717, 1.165) is 24.3 Å². The molecule has 2 aromatic carbocycles. The third-order valence-corrected chi connectivity index (χ3v) is 8.09. The Morgan fingerprint density at radius 2 is 1.65 bits per heavy atom. The predicted octanol–water partition coefficient (Wildman–Crippen LogP) is 4.17. The number of hydrogen-bond donors (Lipinski definition) is 1. The zero-order chi connectivity index (χ0) is 29.3. The highest BCUT2D eigenvalue weighted by molar-refractivity contribution is 7.94. The maximum atomic E-state index is 14.1. The van der Waals surface area contributed by atoms with Crippen LogP contribution >= 0.6 is 0 Å². The number of benzene rings is 2. The molecule has 2 atom stereocenters. The first-order valence-corrected chi connectivity index (χ1v) is 15.0. The summed E-state index contributed by atoms with van der Waals surface area (Å²) in [6.07, 6.45) is -1.04. The van der Waals surface area contributed by atoms with Crippen LogP contribution in [0.3, 0.4) is 0 Å². The molecule has 218 valence electrons. The number of rotatable bonds is 9. The largest absolute Gasteiger partial charge is 0.459 e. The first kappa shape index (κ1) is 31.1. The SMILES string of the molecule is CC(C)[C@H](NC(=O)C[S@@](=O)(=NC(=O)OC(C)(C)C)c1ccc(N2CCOCC2)cc1)C(=O)OCc1ccccc1. The summed E-state index contributed by atoms with van der Waals surface area (Å²) in [5, 5.41) is 2.64. The Bertz CT molecular complexity index is 1270. The normalized spacial score (nSPS) is 16.0. The molecule has 0 saturated carbocycles. The molecule has 2 amide bonds. The molecule has 0 aromatic heterocycles. The molecule has 1 aliphatic heterocycles. The fourth-order valence-electron chi connectivity index (χ4n) is 3.97. The number of anilines is 1. The van der Waals surface area contributed by atoms with Gasteiger partial charge in [0.2, 0.25) is 5.91 Å². The summed E-state index contributed by atoms with van der Waals surface area (Å²) in [5.41, 5.74) is 0.843. The minimum Gasteiger partial charge on any atom is -0.459 e. The molecule has 40 heavy (non-hydrogen) atoms. The van der Waals surface area contributed by atoms with Crippen LogP contribution in [0.5, 0.6) is 0 Å². The van der Waals surface area contributed by atoms with E-state index in [9.17, 15) is 18.6 Å². The zero-order valence-electron chi connectivity index (χ0n) is 23.8. The first-order valence-electron chi connectivity index (χ1n) is 13.3. The van der Waals surface area contributed by atoms with Crippen LogP contribution < -0.4 is 10.2 Å². The van der Waals surface area contributed by atoms with Crippen LogP contribution in [0.1, 0.15) is 40.2 Å². The number of nitrogens with one attached hydrogen (secondary N) is 1. The molecule has 0 radical (unpaired) electrons. The number of carbonyl (C=O) groups is 3. The fraction of sp³-hybridized carbons (Fsp3) is 0.483. The van der Waals surface area contributed by atoms with E-state index >= 15 is 0 Å². The first-order chi connectivity index (χ1) is 18.9. The summed E-state index contributed by atoms with van der Waals surface area (Å²) in [5.74, 6) is -2.26. The number of ether oxygens (including phenoxy) is 3. The van der Waals surface area contributed by atoms with E-state index in [1.54, 1.807) is 58.9 Å². The zero-order valence-corrected chi connectivity index (χ0v) is 24.6. The fourth-order valence-corrected chi connectivity index (χ4v) is 5.58. The van der Waals surface area contributed by atoms with Crippen molar-refractivity contribution in [3.63, 3.8) is 0 Å². The molecule has 0 spiro atoms. The summed E-state index contributed by atoms with van der Waals surface area (Å²) >= 11 is 0. The Balaban J connectivity index is 1.81. The van der Waals surface area contributed by atoms with Gasteiger partial charge in [-0.2, -0.15) is 0 Å². The Morgan fingerprint density at radius 1 is 1.02 bits per heavy atom. The van der Waals surface area contributed by atoms with E-state index in [-0.39, 0.29) is 17.4 Å². The van der Waals surface area contributed by atoms with Gasteiger partial charge in [-0.3, -0.25) is 4.79 Å². The van der Waals surface area contributed by atoms with Gasteiger partial charge in [0.25, 0.3) is 0 Å². The maximum absolute atomic E-state index is 14.1. The van der Waals surface area contributed by atoms with Gasteiger partial charge in [0.15, 0.2) is 0 Å². The lowest BCUT2D eigenvalue weighted by Crippen LogP contribution is -2.47. The van der Waals surface area contributed by atoms with Crippen molar-refractivity contribution in [1.82, 2.24) is 5.32 Å². The van der Waals surface area contributed by atoms with Crippen molar-refractivity contribution in [2.24, 2.45) is 10.3 Å². The lowest BCUT2D eigenvalue weighted by atomic mass is 10.0. The van der Waals surface area contributed by atoms with Gasteiger partial charge < -0.3 is 24.4 Å². The molecule has 10 nitrogen and oxygen atoms in total. The van der Waals surface area contributed by atoms with Gasteiger partial charge in [-0.05, 0) is 56.5 Å². The Labute approximate surface area is 236 Å². The van der Waals surface area contributed by atoms with Gasteiger partial charge in [-0.15, -0.1) is 4.36 Å². The average molecular weight is 574 g/mol. The number of esters is 1. The lowest BCUT2D eigenvalue weighted by molar-refractivity contribution is -0.150. The molecule has 1 saturated heterocycles. The predicted molar refractivity (Wildman–Crippen MR) is 152 cm³/mol. The van der Waals surface area contributed by atoms with Crippen molar-refractivity contribution in [2.75, 3.05) is 37.0 Å². The molecule has 0 unspecified atom stereocenters. The lowest BCUT2D eigenvalue weighted by Gasteiger charge is -2.29. The van der Waals surface area contributed by atoms with E-state index in [2.05, 4.69) is 14.6 Å². The van der Waals surface area contributed by atoms with E-state index in [1.165, 1.54) is 0 Å². The number of hydrogen-bond acceptors (Lipinski definition) is 8. The van der Waals surface area contributed by atoms with Crippen LogP contribution in [0.4, 0.5) is 10.5 Å². The van der Waals surface area contributed by atoms with Gasteiger partial charge in [-0.25, -0.2) is 13.8 Å². The molecule has 1 fully saturated rings. The topological polar surface area (TPSA) is 124 Å². The second-order valence-electron chi connectivity index (χ2n) is 10.8. The number of amides is 2. The molecule has 1 N–H and O–H groups in total. The molecular weight excluding hydrogens is 534 g/mol. The van der Waals surface area contributed by atoms with Gasteiger partial charge in [-0.1, -0.05) is 44.2 Å². The molecule has 3 rings (SSSR count). The maximum Gasteiger partial charge on any atom is 0.442 e. The van der Waals surface area contributed by atoms with Crippen molar-refractivity contribution < 1.29 is 32.8 Å². The highest BCUT2D eigenvalue weighted by Crippen LogP contribution is 2.22. The molecular formula is C29H39N3O7S. The Morgan fingerprint density at radius 3 is 2.23 bits per heavy atom. The molecule has 0 aliphatic carbocycles. The third-order valence-electron chi connectivity index (χ3n) is 5.98. The van der Waals surface area contributed by atoms with E-state index in [4.69, 9.17) is 14.2 Å². The van der Waals surface area contributed by atoms with E-state index in [1.807, 2.05) is 30.3 Å². The minimum absolute atomic E-state index is 0.0545. The number of nitrogens with zero attached hydrogens (tertiary/aromatic N) is 2. The standard InChI is InChI=1S/C29H39N3O7S/c1-21(2)26(27(34)38-19-22-9-7-6-8-10-22)30-25(33)20-40(36,31-28(35)39-29(3,4)5)24-13-11-23(12-14-24)32-15-17-37-18-16-32/h6-14,21,26H,15-20H2,1-5H3,(H,30,33)/t26-,40-/m0/s1. The minimum atomic E-state index is -3.60. The van der Waals surface area contributed by atoms with Crippen molar-refractivity contribution in [1.29, 1.82) is 0 Å². The summed E-state index contributed by atoms with van der Waals surface area (Å²) in [7, 11) is -3.60. The summed E-state index contributed by atoms with van der Waals surface area (Å²) in [6.45, 7) is 11.2.